The highest BCUT2D eigenvalue weighted by molar-refractivity contribution is 5.96. The fraction of sp³-hybridized carbons (Fsp3) is 0.471. The number of aromatic nitrogens is 1. The summed E-state index contributed by atoms with van der Waals surface area (Å²) in [6.07, 6.45) is 2.82. The number of rotatable bonds is 7. The van der Waals surface area contributed by atoms with Crippen LogP contribution in [0, 0.1) is 5.92 Å². The van der Waals surface area contributed by atoms with Crippen LogP contribution in [0.4, 0.5) is 5.82 Å². The van der Waals surface area contributed by atoms with Crippen LogP contribution in [0.1, 0.15) is 20.3 Å². The number of nitrogens with two attached hydrogens (primary N) is 1. The zero-order chi connectivity index (χ0) is 15.2. The van der Waals surface area contributed by atoms with Crippen molar-refractivity contribution in [3.05, 3.63) is 30.5 Å². The highest BCUT2D eigenvalue weighted by Gasteiger charge is 2.14. The van der Waals surface area contributed by atoms with Gasteiger partial charge in [0.05, 0.1) is 7.11 Å². The lowest BCUT2D eigenvalue weighted by Crippen LogP contribution is -2.30. The van der Waals surface area contributed by atoms with Gasteiger partial charge in [-0.3, -0.25) is 0 Å². The molecule has 0 unspecified atom stereocenters. The molecule has 0 saturated carbocycles. The zero-order valence-electron chi connectivity index (χ0n) is 13.2. The fourth-order valence-corrected chi connectivity index (χ4v) is 2.60. The maximum absolute atomic E-state index is 5.68. The Hall–Kier alpha value is -1.81. The first-order valence-electron chi connectivity index (χ1n) is 7.54. The van der Waals surface area contributed by atoms with Crippen molar-refractivity contribution in [2.75, 3.05) is 31.6 Å². The average molecular weight is 287 g/mol. The monoisotopic (exact) mass is 287 g/mol. The van der Waals surface area contributed by atoms with Crippen molar-refractivity contribution in [3.63, 3.8) is 0 Å². The number of benzene rings is 1. The van der Waals surface area contributed by atoms with Crippen LogP contribution in [0.3, 0.4) is 0 Å². The SMILES string of the molecule is COc1cccc2c(N(CCCN)CC(C)C)nccc12. The molecule has 21 heavy (non-hydrogen) atoms. The second-order valence-corrected chi connectivity index (χ2v) is 5.67. The summed E-state index contributed by atoms with van der Waals surface area (Å²) in [5, 5.41) is 2.24. The van der Waals surface area contributed by atoms with Gasteiger partial charge in [0, 0.05) is 30.1 Å². The van der Waals surface area contributed by atoms with Crippen LogP contribution in [0.25, 0.3) is 10.8 Å². The Balaban J connectivity index is 2.46. The minimum absolute atomic E-state index is 0.574. The number of hydrogen-bond acceptors (Lipinski definition) is 4. The third-order valence-electron chi connectivity index (χ3n) is 3.48. The van der Waals surface area contributed by atoms with Crippen LogP contribution in [-0.2, 0) is 0 Å². The summed E-state index contributed by atoms with van der Waals surface area (Å²) < 4.78 is 5.46. The van der Waals surface area contributed by atoms with Gasteiger partial charge in [-0.2, -0.15) is 0 Å². The zero-order valence-corrected chi connectivity index (χ0v) is 13.2. The topological polar surface area (TPSA) is 51.4 Å². The van der Waals surface area contributed by atoms with Gasteiger partial charge in [-0.25, -0.2) is 4.98 Å². The predicted molar refractivity (Wildman–Crippen MR) is 89.0 cm³/mol. The lowest BCUT2D eigenvalue weighted by molar-refractivity contribution is 0.420. The Morgan fingerprint density at radius 3 is 2.71 bits per heavy atom. The average Bonchev–Trinajstić information content (AvgIpc) is 2.50. The molecular formula is C17H25N3O. The number of ether oxygens (including phenoxy) is 1. The number of anilines is 1. The van der Waals surface area contributed by atoms with Gasteiger partial charge in [0.1, 0.15) is 11.6 Å². The smallest absolute Gasteiger partial charge is 0.136 e. The van der Waals surface area contributed by atoms with Gasteiger partial charge in [-0.05, 0) is 31.0 Å². The molecule has 0 atom stereocenters. The summed E-state index contributed by atoms with van der Waals surface area (Å²) in [6.45, 7) is 7.05. The molecule has 0 saturated heterocycles. The molecular weight excluding hydrogens is 262 g/mol. The molecule has 0 amide bonds. The summed E-state index contributed by atoms with van der Waals surface area (Å²) in [5.74, 6) is 2.48. The molecule has 0 bridgehead atoms. The first-order chi connectivity index (χ1) is 10.2. The Morgan fingerprint density at radius 1 is 1.24 bits per heavy atom. The Labute approximate surface area is 126 Å². The maximum atomic E-state index is 5.68. The van der Waals surface area contributed by atoms with Gasteiger partial charge in [0.2, 0.25) is 0 Å². The molecule has 0 aliphatic carbocycles. The highest BCUT2D eigenvalue weighted by atomic mass is 16.5. The third-order valence-corrected chi connectivity index (χ3v) is 3.48. The van der Waals surface area contributed by atoms with Gasteiger partial charge in [-0.15, -0.1) is 0 Å². The van der Waals surface area contributed by atoms with E-state index in [0.717, 1.165) is 41.9 Å². The van der Waals surface area contributed by atoms with Crippen LogP contribution in [0.5, 0.6) is 5.75 Å². The van der Waals surface area contributed by atoms with Gasteiger partial charge < -0.3 is 15.4 Å². The minimum atomic E-state index is 0.574. The quantitative estimate of drug-likeness (QED) is 0.850. The summed E-state index contributed by atoms with van der Waals surface area (Å²) in [7, 11) is 1.70. The number of methoxy groups -OCH3 is 1. The van der Waals surface area contributed by atoms with E-state index in [0.29, 0.717) is 12.5 Å². The Morgan fingerprint density at radius 2 is 2.05 bits per heavy atom. The van der Waals surface area contributed by atoms with Crippen molar-refractivity contribution in [1.82, 2.24) is 4.98 Å². The molecule has 4 nitrogen and oxygen atoms in total. The van der Waals surface area contributed by atoms with E-state index in [1.54, 1.807) is 7.11 Å². The normalized spacial score (nSPS) is 11.1. The molecule has 114 valence electrons. The first-order valence-corrected chi connectivity index (χ1v) is 7.54. The third kappa shape index (κ3) is 3.64. The molecule has 2 rings (SSSR count). The van der Waals surface area contributed by atoms with Crippen molar-refractivity contribution >= 4 is 16.6 Å². The summed E-state index contributed by atoms with van der Waals surface area (Å²) in [5.41, 5.74) is 5.68. The molecule has 0 aliphatic rings. The van der Waals surface area contributed by atoms with Crippen LogP contribution in [-0.4, -0.2) is 31.7 Å². The van der Waals surface area contributed by atoms with Gasteiger partial charge in [-0.1, -0.05) is 26.0 Å². The van der Waals surface area contributed by atoms with Crippen molar-refractivity contribution in [1.29, 1.82) is 0 Å². The molecule has 0 spiro atoms. The largest absolute Gasteiger partial charge is 0.496 e. The Kier molecular flexibility index (Phi) is 5.39. The van der Waals surface area contributed by atoms with Gasteiger partial charge in [0.15, 0.2) is 0 Å². The van der Waals surface area contributed by atoms with E-state index in [4.69, 9.17) is 10.5 Å². The van der Waals surface area contributed by atoms with Gasteiger partial charge >= 0.3 is 0 Å². The van der Waals surface area contributed by atoms with Crippen LogP contribution >= 0.6 is 0 Å². The van der Waals surface area contributed by atoms with Crippen molar-refractivity contribution < 1.29 is 4.74 Å². The number of pyridine rings is 1. The van der Waals surface area contributed by atoms with Crippen molar-refractivity contribution in [2.24, 2.45) is 11.7 Å². The number of fused-ring (bicyclic) bond motifs is 1. The van der Waals surface area contributed by atoms with Crippen LogP contribution < -0.4 is 15.4 Å². The van der Waals surface area contributed by atoms with Crippen molar-refractivity contribution in [3.8, 4) is 5.75 Å². The minimum Gasteiger partial charge on any atom is -0.496 e. The summed E-state index contributed by atoms with van der Waals surface area (Å²) in [6, 6.07) is 8.12. The van der Waals surface area contributed by atoms with Crippen LogP contribution in [0.2, 0.25) is 0 Å². The van der Waals surface area contributed by atoms with E-state index in [1.807, 2.05) is 24.4 Å². The molecule has 2 aromatic rings. The van der Waals surface area contributed by atoms with E-state index >= 15 is 0 Å². The lowest BCUT2D eigenvalue weighted by atomic mass is 10.1. The van der Waals surface area contributed by atoms with Gasteiger partial charge in [0.25, 0.3) is 0 Å². The van der Waals surface area contributed by atoms with E-state index < -0.39 is 0 Å². The fourth-order valence-electron chi connectivity index (χ4n) is 2.60. The predicted octanol–water partition coefficient (Wildman–Crippen LogP) is 3.05. The molecule has 2 N–H and O–H groups in total. The first kappa shape index (κ1) is 15.6. The molecule has 0 fully saturated rings. The molecule has 0 aliphatic heterocycles. The molecule has 4 heteroatoms. The van der Waals surface area contributed by atoms with E-state index in [9.17, 15) is 0 Å². The highest BCUT2D eigenvalue weighted by Crippen LogP contribution is 2.31. The van der Waals surface area contributed by atoms with Crippen LogP contribution in [0.15, 0.2) is 30.5 Å². The lowest BCUT2D eigenvalue weighted by Gasteiger charge is -2.27. The second-order valence-electron chi connectivity index (χ2n) is 5.67. The van der Waals surface area contributed by atoms with E-state index in [2.05, 4.69) is 29.8 Å². The number of nitrogens with zero attached hydrogens (tertiary/aromatic N) is 2. The second kappa shape index (κ2) is 7.27. The summed E-state index contributed by atoms with van der Waals surface area (Å²) >= 11 is 0. The maximum Gasteiger partial charge on any atom is 0.136 e. The molecule has 1 heterocycles. The van der Waals surface area contributed by atoms with Crippen molar-refractivity contribution in [2.45, 2.75) is 20.3 Å². The Bertz CT molecular complexity index is 583. The number of hydrogen-bond donors (Lipinski definition) is 1. The molecule has 0 radical (unpaired) electrons. The molecule has 1 aromatic heterocycles. The molecule has 1 aromatic carbocycles. The summed E-state index contributed by atoms with van der Waals surface area (Å²) in [4.78, 5) is 6.95. The van der Waals surface area contributed by atoms with E-state index in [-0.39, 0.29) is 0 Å². The standard InChI is InChI=1S/C17H25N3O/c1-13(2)12-20(11-5-9-18)17-15-6-4-7-16(21-3)14(15)8-10-19-17/h4,6-8,10,13H,5,9,11-12,18H2,1-3H3. The van der Waals surface area contributed by atoms with E-state index in [1.165, 1.54) is 0 Å².